The van der Waals surface area contributed by atoms with Crippen molar-refractivity contribution in [1.29, 1.82) is 0 Å². The van der Waals surface area contributed by atoms with Gasteiger partial charge in [0.15, 0.2) is 5.82 Å². The van der Waals surface area contributed by atoms with E-state index >= 15 is 0 Å². The summed E-state index contributed by atoms with van der Waals surface area (Å²) < 4.78 is 0. The number of aromatic nitrogens is 1. The van der Waals surface area contributed by atoms with Crippen LogP contribution in [0.2, 0.25) is 0 Å². The Hall–Kier alpha value is -2.47. The Labute approximate surface area is 132 Å². The molecule has 0 radical (unpaired) electrons. The molecule has 1 aliphatic rings. The molecule has 0 spiro atoms. The predicted molar refractivity (Wildman–Crippen MR) is 91.9 cm³/mol. The Morgan fingerprint density at radius 1 is 1.05 bits per heavy atom. The van der Waals surface area contributed by atoms with Gasteiger partial charge >= 0.3 is 0 Å². The quantitative estimate of drug-likeness (QED) is 0.819. The maximum atomic E-state index is 6.34. The lowest BCUT2D eigenvalue weighted by Gasteiger charge is -2.29. The first-order chi connectivity index (χ1) is 10.7. The Balaban J connectivity index is 1.95. The van der Waals surface area contributed by atoms with Gasteiger partial charge in [0.25, 0.3) is 0 Å². The van der Waals surface area contributed by atoms with Crippen LogP contribution in [-0.2, 0) is 0 Å². The van der Waals surface area contributed by atoms with E-state index in [2.05, 4.69) is 21.7 Å². The van der Waals surface area contributed by atoms with Gasteiger partial charge in [-0.1, -0.05) is 30.0 Å². The zero-order chi connectivity index (χ0) is 15.4. The van der Waals surface area contributed by atoms with Gasteiger partial charge in [-0.25, -0.2) is 4.98 Å². The van der Waals surface area contributed by atoms with E-state index in [-0.39, 0.29) is 0 Å². The number of anilines is 2. The number of aryl methyl sites for hydroxylation is 1. The second-order valence-electron chi connectivity index (χ2n) is 5.71. The van der Waals surface area contributed by atoms with Crippen molar-refractivity contribution >= 4 is 11.5 Å². The van der Waals surface area contributed by atoms with Crippen molar-refractivity contribution in [2.75, 3.05) is 23.7 Å². The Kier molecular flexibility index (Phi) is 4.29. The van der Waals surface area contributed by atoms with Crippen LogP contribution in [0.5, 0.6) is 0 Å². The van der Waals surface area contributed by atoms with Crippen LogP contribution in [0.1, 0.15) is 36.1 Å². The Morgan fingerprint density at radius 2 is 1.77 bits per heavy atom. The third kappa shape index (κ3) is 3.23. The van der Waals surface area contributed by atoms with Gasteiger partial charge < -0.3 is 10.6 Å². The number of pyridine rings is 1. The molecule has 2 N–H and O–H groups in total. The first kappa shape index (κ1) is 14.5. The molecule has 1 fully saturated rings. The van der Waals surface area contributed by atoms with Crippen LogP contribution in [0, 0.1) is 18.8 Å². The molecule has 1 saturated heterocycles. The molecular formula is C19H21N3. The lowest BCUT2D eigenvalue weighted by atomic mass is 10.1. The normalized spacial score (nSPS) is 14.3. The van der Waals surface area contributed by atoms with Crippen LogP contribution >= 0.6 is 0 Å². The van der Waals surface area contributed by atoms with E-state index in [1.807, 2.05) is 43.3 Å². The monoisotopic (exact) mass is 291 g/mol. The molecule has 1 aromatic carbocycles. The summed E-state index contributed by atoms with van der Waals surface area (Å²) in [5.41, 5.74) is 9.88. The second-order valence-corrected chi connectivity index (χ2v) is 5.71. The minimum Gasteiger partial charge on any atom is -0.395 e. The van der Waals surface area contributed by atoms with Crippen LogP contribution in [0.4, 0.5) is 11.5 Å². The maximum absolute atomic E-state index is 6.34. The molecule has 2 aromatic rings. The summed E-state index contributed by atoms with van der Waals surface area (Å²) in [6.07, 6.45) is 3.71. The van der Waals surface area contributed by atoms with E-state index in [9.17, 15) is 0 Å². The molecule has 2 heterocycles. The van der Waals surface area contributed by atoms with Crippen molar-refractivity contribution in [1.82, 2.24) is 4.98 Å². The van der Waals surface area contributed by atoms with Crippen molar-refractivity contribution in [3.05, 3.63) is 53.2 Å². The fraction of sp³-hybridized carbons (Fsp3) is 0.316. The lowest BCUT2D eigenvalue weighted by molar-refractivity contribution is 0.573. The Morgan fingerprint density at radius 3 is 2.50 bits per heavy atom. The predicted octanol–water partition coefficient (Wildman–Crippen LogP) is 3.36. The van der Waals surface area contributed by atoms with Gasteiger partial charge in [0, 0.05) is 24.3 Å². The number of hydrogen-bond acceptors (Lipinski definition) is 3. The van der Waals surface area contributed by atoms with Crippen LogP contribution in [0.15, 0.2) is 36.4 Å². The number of rotatable bonds is 1. The summed E-state index contributed by atoms with van der Waals surface area (Å²) in [6, 6.07) is 11.9. The first-order valence-electron chi connectivity index (χ1n) is 7.83. The van der Waals surface area contributed by atoms with Crippen molar-refractivity contribution in [3.8, 4) is 11.8 Å². The highest BCUT2D eigenvalue weighted by molar-refractivity contribution is 5.72. The number of piperidine rings is 1. The van der Waals surface area contributed by atoms with Crippen LogP contribution in [-0.4, -0.2) is 18.1 Å². The lowest BCUT2D eigenvalue weighted by Crippen LogP contribution is -2.31. The summed E-state index contributed by atoms with van der Waals surface area (Å²) in [5, 5.41) is 0. The van der Waals surface area contributed by atoms with Crippen LogP contribution < -0.4 is 10.6 Å². The number of nitrogens with two attached hydrogens (primary N) is 1. The van der Waals surface area contributed by atoms with E-state index in [4.69, 9.17) is 5.73 Å². The van der Waals surface area contributed by atoms with Gasteiger partial charge in [-0.15, -0.1) is 0 Å². The minimum absolute atomic E-state index is 0.705. The average molecular weight is 291 g/mol. The molecule has 1 aromatic heterocycles. The van der Waals surface area contributed by atoms with Gasteiger partial charge in [-0.3, -0.25) is 0 Å². The van der Waals surface area contributed by atoms with Crippen molar-refractivity contribution in [2.24, 2.45) is 0 Å². The summed E-state index contributed by atoms with van der Waals surface area (Å²) in [6.45, 7) is 4.07. The third-order valence-electron chi connectivity index (χ3n) is 3.94. The zero-order valence-electron chi connectivity index (χ0n) is 13.0. The van der Waals surface area contributed by atoms with Crippen molar-refractivity contribution in [2.45, 2.75) is 26.2 Å². The summed E-state index contributed by atoms with van der Waals surface area (Å²) in [7, 11) is 0. The van der Waals surface area contributed by atoms with E-state index in [0.717, 1.165) is 35.7 Å². The molecule has 0 atom stereocenters. The molecule has 0 unspecified atom stereocenters. The molecule has 1 aliphatic heterocycles. The van der Waals surface area contributed by atoms with E-state index < -0.39 is 0 Å². The number of benzene rings is 1. The molecule has 3 nitrogen and oxygen atoms in total. The number of nitrogens with zero attached hydrogens (tertiary/aromatic N) is 2. The molecule has 22 heavy (non-hydrogen) atoms. The van der Waals surface area contributed by atoms with Gasteiger partial charge in [0.05, 0.1) is 11.3 Å². The zero-order valence-corrected chi connectivity index (χ0v) is 13.0. The molecule has 112 valence electrons. The summed E-state index contributed by atoms with van der Waals surface area (Å²) in [5.74, 6) is 7.29. The Bertz CT molecular complexity index is 705. The largest absolute Gasteiger partial charge is 0.395 e. The molecule has 0 bridgehead atoms. The fourth-order valence-corrected chi connectivity index (χ4v) is 2.78. The second kappa shape index (κ2) is 6.53. The topological polar surface area (TPSA) is 42.1 Å². The van der Waals surface area contributed by atoms with Gasteiger partial charge in [-0.2, -0.15) is 0 Å². The molecule has 3 rings (SSSR count). The minimum atomic E-state index is 0.705. The smallest absolute Gasteiger partial charge is 0.153 e. The number of nitrogen functional groups attached to an aromatic ring is 1. The average Bonchev–Trinajstić information content (AvgIpc) is 2.57. The van der Waals surface area contributed by atoms with E-state index in [1.54, 1.807) is 0 Å². The third-order valence-corrected chi connectivity index (χ3v) is 3.94. The molecule has 3 heteroatoms. The summed E-state index contributed by atoms with van der Waals surface area (Å²) >= 11 is 0. The van der Waals surface area contributed by atoms with E-state index in [0.29, 0.717) is 5.69 Å². The van der Waals surface area contributed by atoms with Gasteiger partial charge in [0.1, 0.15) is 0 Å². The molecule has 0 amide bonds. The standard InChI is InChI=1S/C19H21N3/c1-15-14-17(11-10-16-8-4-2-5-9-16)18(20)19(21-15)22-12-6-3-7-13-22/h2,4-5,8-9,14H,3,6-7,12-13,20H2,1H3. The molecular weight excluding hydrogens is 270 g/mol. The van der Waals surface area contributed by atoms with E-state index in [1.165, 1.54) is 19.3 Å². The number of hydrogen-bond donors (Lipinski definition) is 1. The first-order valence-corrected chi connectivity index (χ1v) is 7.83. The highest BCUT2D eigenvalue weighted by Crippen LogP contribution is 2.27. The fourth-order valence-electron chi connectivity index (χ4n) is 2.78. The van der Waals surface area contributed by atoms with Gasteiger partial charge in [0.2, 0.25) is 0 Å². The van der Waals surface area contributed by atoms with Crippen LogP contribution in [0.25, 0.3) is 0 Å². The summed E-state index contributed by atoms with van der Waals surface area (Å²) in [4.78, 5) is 6.94. The van der Waals surface area contributed by atoms with Crippen LogP contribution in [0.3, 0.4) is 0 Å². The molecule has 0 saturated carbocycles. The highest BCUT2D eigenvalue weighted by atomic mass is 15.2. The maximum Gasteiger partial charge on any atom is 0.153 e. The van der Waals surface area contributed by atoms with Crippen molar-refractivity contribution < 1.29 is 0 Å². The van der Waals surface area contributed by atoms with Gasteiger partial charge in [-0.05, 0) is 44.4 Å². The molecule has 0 aliphatic carbocycles. The SMILES string of the molecule is Cc1cc(C#Cc2ccccc2)c(N)c(N2CCCCC2)n1. The highest BCUT2D eigenvalue weighted by Gasteiger charge is 2.17. The van der Waals surface area contributed by atoms with Crippen molar-refractivity contribution in [3.63, 3.8) is 0 Å².